The van der Waals surface area contributed by atoms with Crippen LogP contribution in [0.3, 0.4) is 0 Å². The lowest BCUT2D eigenvalue weighted by atomic mass is 10.1. The van der Waals surface area contributed by atoms with Gasteiger partial charge in [-0.1, -0.05) is 24.3 Å². The Morgan fingerprint density at radius 3 is 2.55 bits per heavy atom. The van der Waals surface area contributed by atoms with Gasteiger partial charge in [0.2, 0.25) is 10.0 Å². The number of carbonyl (C=O) groups is 2. The molecular formula is C23H27FN2O6S. The van der Waals surface area contributed by atoms with E-state index in [1.807, 2.05) is 0 Å². The SMILES string of the molecule is COc1ccc(CN(C)C(=O)COC(=O)C2CCCCN2S(=O)(=O)c2ccccc2)cc1F. The number of nitrogens with zero attached hydrogens (tertiary/aromatic N) is 2. The number of sulfonamides is 1. The normalized spacial score (nSPS) is 16.8. The van der Waals surface area contributed by atoms with E-state index in [4.69, 9.17) is 9.47 Å². The predicted octanol–water partition coefficient (Wildman–Crippen LogP) is 2.58. The van der Waals surface area contributed by atoms with Crippen LogP contribution >= 0.6 is 0 Å². The molecule has 2 aromatic rings. The van der Waals surface area contributed by atoms with Crippen LogP contribution in [-0.4, -0.2) is 62.9 Å². The number of ether oxygens (including phenoxy) is 2. The summed E-state index contributed by atoms with van der Waals surface area (Å²) in [5, 5.41) is 0. The van der Waals surface area contributed by atoms with Crippen LogP contribution in [0.5, 0.6) is 5.75 Å². The smallest absolute Gasteiger partial charge is 0.324 e. The third-order valence-electron chi connectivity index (χ3n) is 5.48. The summed E-state index contributed by atoms with van der Waals surface area (Å²) in [6.45, 7) is -0.229. The summed E-state index contributed by atoms with van der Waals surface area (Å²) >= 11 is 0. The lowest BCUT2D eigenvalue weighted by molar-refractivity contribution is -0.155. The van der Waals surface area contributed by atoms with Crippen molar-refractivity contribution in [2.45, 2.75) is 36.7 Å². The molecule has 0 saturated carbocycles. The van der Waals surface area contributed by atoms with Gasteiger partial charge in [0.05, 0.1) is 12.0 Å². The molecule has 2 aromatic carbocycles. The van der Waals surface area contributed by atoms with Crippen molar-refractivity contribution in [3.05, 3.63) is 59.9 Å². The van der Waals surface area contributed by atoms with E-state index < -0.39 is 40.4 Å². The number of hydrogen-bond acceptors (Lipinski definition) is 6. The molecular weight excluding hydrogens is 451 g/mol. The van der Waals surface area contributed by atoms with Crippen molar-refractivity contribution in [3.8, 4) is 5.75 Å². The summed E-state index contributed by atoms with van der Waals surface area (Å²) in [7, 11) is -1.00. The topological polar surface area (TPSA) is 93.2 Å². The average Bonchev–Trinajstić information content (AvgIpc) is 2.83. The van der Waals surface area contributed by atoms with Crippen molar-refractivity contribution in [1.29, 1.82) is 0 Å². The molecule has 1 amide bonds. The number of hydrogen-bond donors (Lipinski definition) is 0. The van der Waals surface area contributed by atoms with Gasteiger partial charge in [-0.15, -0.1) is 0 Å². The molecule has 0 bridgehead atoms. The highest BCUT2D eigenvalue weighted by Gasteiger charge is 2.38. The maximum atomic E-state index is 13.9. The van der Waals surface area contributed by atoms with E-state index in [2.05, 4.69) is 0 Å². The highest BCUT2D eigenvalue weighted by Crippen LogP contribution is 2.26. The zero-order chi connectivity index (χ0) is 24.0. The van der Waals surface area contributed by atoms with Crippen molar-refractivity contribution < 1.29 is 31.9 Å². The Bertz CT molecular complexity index is 1090. The van der Waals surface area contributed by atoms with E-state index in [0.29, 0.717) is 24.8 Å². The van der Waals surface area contributed by atoms with Gasteiger partial charge in [0.15, 0.2) is 18.2 Å². The number of likely N-dealkylation sites (N-methyl/N-ethyl adjacent to an activating group) is 1. The minimum atomic E-state index is -3.87. The summed E-state index contributed by atoms with van der Waals surface area (Å²) in [5.74, 6) is -1.69. The second-order valence-electron chi connectivity index (χ2n) is 7.77. The highest BCUT2D eigenvalue weighted by atomic mass is 32.2. The molecule has 1 saturated heterocycles. The molecule has 3 rings (SSSR count). The van der Waals surface area contributed by atoms with Crippen LogP contribution in [0.4, 0.5) is 4.39 Å². The van der Waals surface area contributed by atoms with Crippen molar-refractivity contribution in [1.82, 2.24) is 9.21 Å². The van der Waals surface area contributed by atoms with Crippen LogP contribution in [0, 0.1) is 5.82 Å². The molecule has 0 radical (unpaired) electrons. The molecule has 1 heterocycles. The van der Waals surface area contributed by atoms with Crippen LogP contribution in [0.2, 0.25) is 0 Å². The van der Waals surface area contributed by atoms with Gasteiger partial charge in [0.1, 0.15) is 6.04 Å². The zero-order valence-corrected chi connectivity index (χ0v) is 19.4. The molecule has 178 valence electrons. The van der Waals surface area contributed by atoms with Gasteiger partial charge in [-0.05, 0) is 49.1 Å². The molecule has 0 aromatic heterocycles. The monoisotopic (exact) mass is 478 g/mol. The van der Waals surface area contributed by atoms with Crippen LogP contribution in [0.15, 0.2) is 53.4 Å². The second-order valence-corrected chi connectivity index (χ2v) is 9.66. The molecule has 0 spiro atoms. The fourth-order valence-corrected chi connectivity index (χ4v) is 5.33. The minimum Gasteiger partial charge on any atom is -0.494 e. The molecule has 1 aliphatic heterocycles. The number of benzene rings is 2. The lowest BCUT2D eigenvalue weighted by Gasteiger charge is -2.33. The van der Waals surface area contributed by atoms with Gasteiger partial charge in [-0.2, -0.15) is 4.31 Å². The molecule has 1 atom stereocenters. The minimum absolute atomic E-state index is 0.101. The van der Waals surface area contributed by atoms with E-state index in [-0.39, 0.29) is 23.7 Å². The van der Waals surface area contributed by atoms with Gasteiger partial charge in [0, 0.05) is 20.1 Å². The number of piperidine rings is 1. The number of carbonyl (C=O) groups excluding carboxylic acids is 2. The van der Waals surface area contributed by atoms with E-state index in [9.17, 15) is 22.4 Å². The first-order valence-corrected chi connectivity index (χ1v) is 12.0. The van der Waals surface area contributed by atoms with E-state index >= 15 is 0 Å². The number of methoxy groups -OCH3 is 1. The van der Waals surface area contributed by atoms with Crippen LogP contribution in [0.25, 0.3) is 0 Å². The summed E-state index contributed by atoms with van der Waals surface area (Å²) in [4.78, 5) is 26.6. The second kappa shape index (κ2) is 10.8. The Balaban J connectivity index is 1.61. The van der Waals surface area contributed by atoms with Crippen LogP contribution in [0.1, 0.15) is 24.8 Å². The standard InChI is InChI=1S/C23H27FN2O6S/c1-25(15-17-11-12-21(31-2)19(24)14-17)22(27)16-32-23(28)20-10-6-7-13-26(20)33(29,30)18-8-4-3-5-9-18/h3-5,8-9,11-12,14,20H,6-7,10,13,15-16H2,1-2H3. The fraction of sp³-hybridized carbons (Fsp3) is 0.391. The van der Waals surface area contributed by atoms with Crippen molar-refractivity contribution >= 4 is 21.9 Å². The largest absolute Gasteiger partial charge is 0.494 e. The van der Waals surface area contributed by atoms with E-state index in [1.165, 1.54) is 43.3 Å². The first kappa shape index (κ1) is 24.7. The Morgan fingerprint density at radius 1 is 1.15 bits per heavy atom. The summed E-state index contributed by atoms with van der Waals surface area (Å²) in [5.41, 5.74) is 0.544. The van der Waals surface area contributed by atoms with Crippen molar-refractivity contribution in [2.75, 3.05) is 27.3 Å². The Hall–Kier alpha value is -2.98. The lowest BCUT2D eigenvalue weighted by Crippen LogP contribution is -2.49. The molecule has 33 heavy (non-hydrogen) atoms. The van der Waals surface area contributed by atoms with Gasteiger partial charge in [-0.25, -0.2) is 12.8 Å². The van der Waals surface area contributed by atoms with E-state index in [0.717, 1.165) is 4.31 Å². The maximum Gasteiger partial charge on any atom is 0.324 e. The first-order valence-electron chi connectivity index (χ1n) is 10.5. The number of esters is 1. The maximum absolute atomic E-state index is 13.9. The van der Waals surface area contributed by atoms with Crippen molar-refractivity contribution in [2.24, 2.45) is 0 Å². The number of halogens is 1. The average molecular weight is 479 g/mol. The Kier molecular flexibility index (Phi) is 8.04. The summed E-state index contributed by atoms with van der Waals surface area (Å²) in [6, 6.07) is 11.3. The molecule has 1 aliphatic rings. The highest BCUT2D eigenvalue weighted by molar-refractivity contribution is 7.89. The Labute approximate surface area is 192 Å². The third-order valence-corrected chi connectivity index (χ3v) is 7.40. The molecule has 1 fully saturated rings. The van der Waals surface area contributed by atoms with Crippen molar-refractivity contribution in [3.63, 3.8) is 0 Å². The fourth-order valence-electron chi connectivity index (χ4n) is 3.67. The van der Waals surface area contributed by atoms with Gasteiger partial charge in [-0.3, -0.25) is 9.59 Å². The van der Waals surface area contributed by atoms with Gasteiger partial charge >= 0.3 is 5.97 Å². The molecule has 0 N–H and O–H groups in total. The first-order chi connectivity index (χ1) is 15.7. The van der Waals surface area contributed by atoms with Crippen LogP contribution in [-0.2, 0) is 30.9 Å². The quantitative estimate of drug-likeness (QED) is 0.542. The van der Waals surface area contributed by atoms with Gasteiger partial charge in [0.25, 0.3) is 5.91 Å². The van der Waals surface area contributed by atoms with E-state index in [1.54, 1.807) is 24.3 Å². The number of amides is 1. The molecule has 8 nitrogen and oxygen atoms in total. The molecule has 1 unspecified atom stereocenters. The molecule has 0 aliphatic carbocycles. The third kappa shape index (κ3) is 5.88. The summed E-state index contributed by atoms with van der Waals surface area (Å²) in [6.07, 6.45) is 1.63. The molecule has 10 heteroatoms. The predicted molar refractivity (Wildman–Crippen MR) is 118 cm³/mol. The number of rotatable bonds is 8. The Morgan fingerprint density at radius 2 is 1.88 bits per heavy atom. The zero-order valence-electron chi connectivity index (χ0n) is 18.6. The van der Waals surface area contributed by atoms with Gasteiger partial charge < -0.3 is 14.4 Å². The summed E-state index contributed by atoms with van der Waals surface area (Å²) < 4.78 is 51.1. The van der Waals surface area contributed by atoms with Crippen LogP contribution < -0.4 is 4.74 Å².